The molecule has 4 heterocycles. The Bertz CT molecular complexity index is 1560. The quantitative estimate of drug-likeness (QED) is 0.269. The number of nitrogens with one attached hydrogen (secondary N) is 2. The Morgan fingerprint density at radius 1 is 1.05 bits per heavy atom. The molecule has 6 nitrogen and oxygen atoms in total. The van der Waals surface area contributed by atoms with Gasteiger partial charge in [0.25, 0.3) is 0 Å². The largest absolute Gasteiger partial charge is 0.361 e. The van der Waals surface area contributed by atoms with Gasteiger partial charge in [0.2, 0.25) is 0 Å². The van der Waals surface area contributed by atoms with Crippen molar-refractivity contribution in [3.05, 3.63) is 88.4 Å². The molecule has 6 heteroatoms. The standard InChI is InChI=1S/C34H38N6/c1-24-30-12-15-36-33(30)11-10-32(24)38-34-28(21-35)22-37-25(2)31(34)9-8-26-6-5-7-27(20-26)23-39-18-13-29(14-19-39)40-16-3-4-17-40/h5-12,15,20,22,29,36H,3-4,13-14,16-19,23H2,1-2H3,(H,37,38)/b9-8+. The number of nitriles is 1. The summed E-state index contributed by atoms with van der Waals surface area (Å²) in [5, 5.41) is 14.6. The molecule has 0 amide bonds. The fourth-order valence-electron chi connectivity index (χ4n) is 6.38. The van der Waals surface area contributed by atoms with Crippen LogP contribution in [0, 0.1) is 25.2 Å². The molecular weight excluding hydrogens is 492 g/mol. The Hall–Kier alpha value is -3.92. The molecule has 2 N–H and O–H groups in total. The molecular formula is C34H38N6. The summed E-state index contributed by atoms with van der Waals surface area (Å²) in [4.78, 5) is 13.1. The van der Waals surface area contributed by atoms with E-state index in [-0.39, 0.29) is 0 Å². The van der Waals surface area contributed by atoms with Gasteiger partial charge in [-0.05, 0) is 101 Å². The van der Waals surface area contributed by atoms with Gasteiger partial charge in [0.15, 0.2) is 0 Å². The summed E-state index contributed by atoms with van der Waals surface area (Å²) in [5.41, 5.74) is 8.87. The first-order chi connectivity index (χ1) is 19.6. The van der Waals surface area contributed by atoms with E-state index in [0.29, 0.717) is 5.56 Å². The number of benzene rings is 2. The zero-order valence-electron chi connectivity index (χ0n) is 23.6. The van der Waals surface area contributed by atoms with Gasteiger partial charge in [0, 0.05) is 52.8 Å². The van der Waals surface area contributed by atoms with Gasteiger partial charge in [-0.15, -0.1) is 0 Å². The molecule has 6 rings (SSSR count). The van der Waals surface area contributed by atoms with Crippen LogP contribution in [0.4, 0.5) is 11.4 Å². The molecule has 204 valence electrons. The highest BCUT2D eigenvalue weighted by molar-refractivity contribution is 5.90. The minimum absolute atomic E-state index is 0.532. The van der Waals surface area contributed by atoms with Gasteiger partial charge in [-0.25, -0.2) is 0 Å². The van der Waals surface area contributed by atoms with E-state index in [1.165, 1.54) is 62.8 Å². The van der Waals surface area contributed by atoms with E-state index in [9.17, 15) is 5.26 Å². The predicted octanol–water partition coefficient (Wildman–Crippen LogP) is 7.03. The first kappa shape index (κ1) is 26.3. The molecule has 0 aliphatic carbocycles. The molecule has 0 radical (unpaired) electrons. The van der Waals surface area contributed by atoms with Crippen molar-refractivity contribution < 1.29 is 0 Å². The predicted molar refractivity (Wildman–Crippen MR) is 164 cm³/mol. The van der Waals surface area contributed by atoms with Gasteiger partial charge < -0.3 is 15.2 Å². The number of aryl methyl sites for hydroxylation is 2. The summed E-state index contributed by atoms with van der Waals surface area (Å²) in [6.07, 6.45) is 13.2. The van der Waals surface area contributed by atoms with Crippen molar-refractivity contribution in [2.45, 2.75) is 52.1 Å². The minimum atomic E-state index is 0.532. The van der Waals surface area contributed by atoms with Crippen molar-refractivity contribution in [3.8, 4) is 6.07 Å². The van der Waals surface area contributed by atoms with Crippen molar-refractivity contribution in [3.63, 3.8) is 0 Å². The van der Waals surface area contributed by atoms with Crippen molar-refractivity contribution >= 4 is 34.4 Å². The number of rotatable bonds is 7. The molecule has 2 saturated heterocycles. The number of hydrogen-bond donors (Lipinski definition) is 2. The molecule has 2 aromatic carbocycles. The summed E-state index contributed by atoms with van der Waals surface area (Å²) in [6, 6.07) is 18.2. The highest BCUT2D eigenvalue weighted by Gasteiger charge is 2.26. The Morgan fingerprint density at radius 2 is 1.88 bits per heavy atom. The molecule has 4 aromatic rings. The first-order valence-electron chi connectivity index (χ1n) is 14.6. The third kappa shape index (κ3) is 5.54. The third-order valence-electron chi connectivity index (χ3n) is 8.71. The summed E-state index contributed by atoms with van der Waals surface area (Å²) in [5.74, 6) is 0. The normalized spacial score (nSPS) is 17.1. The van der Waals surface area contributed by atoms with Crippen LogP contribution in [0.3, 0.4) is 0 Å². The topological polar surface area (TPSA) is 71.0 Å². The van der Waals surface area contributed by atoms with Crippen LogP contribution in [-0.2, 0) is 6.54 Å². The second-order valence-electron chi connectivity index (χ2n) is 11.3. The van der Waals surface area contributed by atoms with E-state index in [2.05, 4.69) is 92.7 Å². The Morgan fingerprint density at radius 3 is 2.67 bits per heavy atom. The maximum atomic E-state index is 9.91. The van der Waals surface area contributed by atoms with E-state index in [1.807, 2.05) is 13.1 Å². The van der Waals surface area contributed by atoms with Crippen molar-refractivity contribution in [1.82, 2.24) is 19.8 Å². The fraction of sp³-hybridized carbons (Fsp3) is 0.353. The number of nitrogens with zero attached hydrogens (tertiary/aromatic N) is 4. The van der Waals surface area contributed by atoms with Gasteiger partial charge in [-0.2, -0.15) is 5.26 Å². The Kier molecular flexibility index (Phi) is 7.68. The summed E-state index contributed by atoms with van der Waals surface area (Å²) < 4.78 is 0. The molecule has 0 saturated carbocycles. The van der Waals surface area contributed by atoms with Crippen LogP contribution in [0.5, 0.6) is 0 Å². The van der Waals surface area contributed by atoms with Crippen LogP contribution in [0.25, 0.3) is 23.1 Å². The van der Waals surface area contributed by atoms with E-state index in [1.54, 1.807) is 6.20 Å². The SMILES string of the molecule is Cc1ncc(C#N)c(Nc2ccc3[nH]ccc3c2C)c1/C=C/c1cccc(CN2CCC(N3CCCC3)CC2)c1. The van der Waals surface area contributed by atoms with Crippen LogP contribution in [0.15, 0.2) is 54.9 Å². The molecule has 0 spiro atoms. The highest BCUT2D eigenvalue weighted by Crippen LogP contribution is 2.32. The van der Waals surface area contributed by atoms with Crippen LogP contribution in [0.2, 0.25) is 0 Å². The maximum absolute atomic E-state index is 9.91. The lowest BCUT2D eigenvalue weighted by molar-refractivity contribution is 0.122. The van der Waals surface area contributed by atoms with Gasteiger partial charge in [-0.1, -0.05) is 36.4 Å². The number of aromatic nitrogens is 2. The molecule has 2 aliphatic heterocycles. The Balaban J connectivity index is 1.20. The summed E-state index contributed by atoms with van der Waals surface area (Å²) in [7, 11) is 0. The second kappa shape index (κ2) is 11.7. The third-order valence-corrected chi connectivity index (χ3v) is 8.71. The number of aromatic amines is 1. The number of anilines is 2. The number of piperidine rings is 1. The van der Waals surface area contributed by atoms with Crippen molar-refractivity contribution in [2.24, 2.45) is 0 Å². The average Bonchev–Trinajstić information content (AvgIpc) is 3.68. The lowest BCUT2D eigenvalue weighted by atomic mass is 10.0. The van der Waals surface area contributed by atoms with E-state index >= 15 is 0 Å². The van der Waals surface area contributed by atoms with Crippen LogP contribution < -0.4 is 5.32 Å². The highest BCUT2D eigenvalue weighted by atomic mass is 15.2. The zero-order chi connectivity index (χ0) is 27.5. The average molecular weight is 531 g/mol. The molecule has 0 bridgehead atoms. The van der Waals surface area contributed by atoms with Gasteiger partial charge in [-0.3, -0.25) is 9.88 Å². The lowest BCUT2D eigenvalue weighted by Gasteiger charge is -2.36. The van der Waals surface area contributed by atoms with Crippen molar-refractivity contribution in [1.29, 1.82) is 5.26 Å². The minimum Gasteiger partial charge on any atom is -0.361 e. The molecule has 0 atom stereocenters. The number of likely N-dealkylation sites (tertiary alicyclic amines) is 2. The van der Waals surface area contributed by atoms with Gasteiger partial charge in [0.05, 0.1) is 11.3 Å². The maximum Gasteiger partial charge on any atom is 0.103 e. The Labute approximate surface area is 237 Å². The number of hydrogen-bond acceptors (Lipinski definition) is 5. The number of H-pyrrole nitrogens is 1. The second-order valence-corrected chi connectivity index (χ2v) is 11.3. The number of fused-ring (bicyclic) bond motifs is 1. The van der Waals surface area contributed by atoms with Crippen molar-refractivity contribution in [2.75, 3.05) is 31.5 Å². The summed E-state index contributed by atoms with van der Waals surface area (Å²) >= 11 is 0. The van der Waals surface area contributed by atoms with Gasteiger partial charge >= 0.3 is 0 Å². The monoisotopic (exact) mass is 530 g/mol. The smallest absolute Gasteiger partial charge is 0.103 e. The van der Waals surface area contributed by atoms with Crippen LogP contribution in [0.1, 0.15) is 59.2 Å². The van der Waals surface area contributed by atoms with Crippen LogP contribution >= 0.6 is 0 Å². The molecule has 40 heavy (non-hydrogen) atoms. The molecule has 2 aliphatic rings. The zero-order valence-corrected chi connectivity index (χ0v) is 23.6. The lowest BCUT2D eigenvalue weighted by Crippen LogP contribution is -2.43. The number of pyridine rings is 1. The molecule has 2 fully saturated rings. The molecule has 2 aromatic heterocycles. The van der Waals surface area contributed by atoms with Crippen LogP contribution in [-0.4, -0.2) is 52.0 Å². The summed E-state index contributed by atoms with van der Waals surface area (Å²) in [6.45, 7) is 10.0. The molecule has 0 unspecified atom stereocenters. The fourth-order valence-corrected chi connectivity index (χ4v) is 6.38. The van der Waals surface area contributed by atoms with E-state index < -0.39 is 0 Å². The first-order valence-corrected chi connectivity index (χ1v) is 14.6. The van der Waals surface area contributed by atoms with Gasteiger partial charge in [0.1, 0.15) is 6.07 Å². The van der Waals surface area contributed by atoms with E-state index in [0.717, 1.165) is 51.9 Å². The van der Waals surface area contributed by atoms with E-state index in [4.69, 9.17) is 0 Å².